The fourth-order valence-electron chi connectivity index (χ4n) is 4.75. The van der Waals surface area contributed by atoms with Gasteiger partial charge in [0, 0.05) is 6.42 Å². The van der Waals surface area contributed by atoms with E-state index in [9.17, 15) is 9.90 Å². The molecule has 0 fully saturated rings. The number of phenols is 1. The highest BCUT2D eigenvalue weighted by Crippen LogP contribution is 2.40. The van der Waals surface area contributed by atoms with E-state index >= 15 is 0 Å². The molecule has 8 heteroatoms. The Morgan fingerprint density at radius 1 is 0.949 bits per heavy atom. The van der Waals surface area contributed by atoms with E-state index in [2.05, 4.69) is 35.3 Å². The predicted molar refractivity (Wildman–Crippen MR) is 155 cm³/mol. The molecule has 39 heavy (non-hydrogen) atoms. The Kier molecular flexibility index (Phi) is 6.54. The highest BCUT2D eigenvalue weighted by molar-refractivity contribution is 8.18. The van der Waals surface area contributed by atoms with Gasteiger partial charge in [-0.05, 0) is 75.6 Å². The number of carbonyl (C=O) groups is 1. The van der Waals surface area contributed by atoms with Gasteiger partial charge >= 0.3 is 0 Å². The second-order valence-electron chi connectivity index (χ2n) is 9.19. The van der Waals surface area contributed by atoms with Crippen LogP contribution in [0.4, 0.5) is 0 Å². The maximum atomic E-state index is 12.9. The first-order valence-electron chi connectivity index (χ1n) is 12.4. The summed E-state index contributed by atoms with van der Waals surface area (Å²) >= 11 is 1.29. The molecule has 4 aromatic carbocycles. The SMILES string of the molecule is COc1ccc(C2CC(c3ccc4ccccc4c3)=NN2C2=NC(=O)/C(=C/c3ccc(O)c(OC)c3)S2)cc1. The van der Waals surface area contributed by atoms with Gasteiger partial charge in [0.05, 0.1) is 30.9 Å². The lowest BCUT2D eigenvalue weighted by molar-refractivity contribution is -0.113. The number of nitrogens with zero attached hydrogens (tertiary/aromatic N) is 3. The summed E-state index contributed by atoms with van der Waals surface area (Å²) in [7, 11) is 3.13. The number of rotatable bonds is 5. The quantitative estimate of drug-likeness (QED) is 0.299. The molecule has 0 aromatic heterocycles. The molecule has 0 spiro atoms. The minimum Gasteiger partial charge on any atom is -0.504 e. The zero-order valence-corrected chi connectivity index (χ0v) is 22.2. The zero-order valence-electron chi connectivity index (χ0n) is 21.4. The number of ether oxygens (including phenoxy) is 2. The molecule has 2 aliphatic rings. The van der Waals surface area contributed by atoms with Crippen molar-refractivity contribution in [2.45, 2.75) is 12.5 Å². The minimum absolute atomic E-state index is 0.0388. The number of carbonyl (C=O) groups excluding carboxylic acids is 1. The van der Waals surface area contributed by atoms with Crippen LogP contribution in [-0.2, 0) is 4.79 Å². The van der Waals surface area contributed by atoms with Crippen molar-refractivity contribution in [3.63, 3.8) is 0 Å². The van der Waals surface area contributed by atoms with Gasteiger partial charge in [-0.25, -0.2) is 5.01 Å². The first kappa shape index (κ1) is 24.8. The van der Waals surface area contributed by atoms with Gasteiger partial charge in [-0.1, -0.05) is 54.6 Å². The Morgan fingerprint density at radius 2 is 1.74 bits per heavy atom. The Morgan fingerprint density at radius 3 is 2.51 bits per heavy atom. The number of amidine groups is 1. The molecule has 0 saturated heterocycles. The Bertz CT molecular complexity index is 1680. The highest BCUT2D eigenvalue weighted by atomic mass is 32.2. The number of phenolic OH excluding ortho intramolecular Hbond substituents is 1. The molecule has 0 aliphatic carbocycles. The van der Waals surface area contributed by atoms with Gasteiger partial charge in [-0.15, -0.1) is 0 Å². The van der Waals surface area contributed by atoms with Crippen LogP contribution < -0.4 is 9.47 Å². The van der Waals surface area contributed by atoms with Crippen LogP contribution in [0.2, 0.25) is 0 Å². The molecule has 1 amide bonds. The summed E-state index contributed by atoms with van der Waals surface area (Å²) < 4.78 is 10.6. The monoisotopic (exact) mass is 535 g/mol. The Labute approximate surface area is 230 Å². The summed E-state index contributed by atoms with van der Waals surface area (Å²) in [4.78, 5) is 17.8. The Hall–Kier alpha value is -4.56. The van der Waals surface area contributed by atoms with Gasteiger partial charge < -0.3 is 14.6 Å². The normalized spacial score (nSPS) is 18.0. The van der Waals surface area contributed by atoms with Crippen molar-refractivity contribution in [2.75, 3.05) is 14.2 Å². The lowest BCUT2D eigenvalue weighted by atomic mass is 9.97. The van der Waals surface area contributed by atoms with Crippen LogP contribution in [0.3, 0.4) is 0 Å². The van der Waals surface area contributed by atoms with Gasteiger partial charge in [0.25, 0.3) is 5.91 Å². The lowest BCUT2D eigenvalue weighted by Crippen LogP contribution is -2.23. The largest absolute Gasteiger partial charge is 0.504 e. The standard InChI is InChI=1S/C31H25N3O4S/c1-37-24-12-10-21(11-13-24)26-18-25(23-9-8-20-5-3-4-6-22(20)17-23)33-34(26)31-32-30(36)29(39-31)16-19-7-14-27(35)28(15-19)38-2/h3-17,26,35H,18H2,1-2H3/b29-16-. The van der Waals surface area contributed by atoms with Crippen molar-refractivity contribution >= 4 is 45.4 Å². The van der Waals surface area contributed by atoms with E-state index in [1.807, 2.05) is 41.4 Å². The molecule has 1 N–H and O–H groups in total. The number of methoxy groups -OCH3 is 2. The Balaban J connectivity index is 1.35. The predicted octanol–water partition coefficient (Wildman–Crippen LogP) is 6.38. The molecule has 194 valence electrons. The van der Waals surface area contributed by atoms with E-state index in [1.165, 1.54) is 30.3 Å². The van der Waals surface area contributed by atoms with Crippen molar-refractivity contribution < 1.29 is 19.4 Å². The fourth-order valence-corrected chi connectivity index (χ4v) is 5.66. The minimum atomic E-state index is -0.329. The van der Waals surface area contributed by atoms with E-state index in [0.717, 1.165) is 33.5 Å². The number of fused-ring (bicyclic) bond motifs is 1. The van der Waals surface area contributed by atoms with Crippen molar-refractivity contribution in [1.82, 2.24) is 5.01 Å². The average molecular weight is 536 g/mol. The van der Waals surface area contributed by atoms with Crippen molar-refractivity contribution in [3.05, 3.63) is 107 Å². The van der Waals surface area contributed by atoms with Crippen LogP contribution in [0.5, 0.6) is 17.2 Å². The van der Waals surface area contributed by atoms with Crippen LogP contribution in [0.25, 0.3) is 16.8 Å². The maximum Gasteiger partial charge on any atom is 0.286 e. The van der Waals surface area contributed by atoms with Gasteiger partial charge in [-0.2, -0.15) is 10.1 Å². The summed E-state index contributed by atoms with van der Waals surface area (Å²) in [6.07, 6.45) is 2.41. The molecule has 0 radical (unpaired) electrons. The number of thioether (sulfide) groups is 1. The molecule has 2 heterocycles. The van der Waals surface area contributed by atoms with Crippen LogP contribution in [0.15, 0.2) is 99.9 Å². The molecule has 2 aliphatic heterocycles. The summed E-state index contributed by atoms with van der Waals surface area (Å²) in [5.41, 5.74) is 3.74. The highest BCUT2D eigenvalue weighted by Gasteiger charge is 2.36. The molecule has 6 rings (SSSR count). The van der Waals surface area contributed by atoms with Crippen LogP contribution in [-0.4, -0.2) is 41.1 Å². The summed E-state index contributed by atoms with van der Waals surface area (Å²) in [6, 6.07) is 27.3. The smallest absolute Gasteiger partial charge is 0.286 e. The van der Waals surface area contributed by atoms with Gasteiger partial charge in [0.1, 0.15) is 5.75 Å². The topological polar surface area (TPSA) is 83.7 Å². The third kappa shape index (κ3) is 4.86. The van der Waals surface area contributed by atoms with E-state index in [4.69, 9.17) is 14.6 Å². The first-order chi connectivity index (χ1) is 19.0. The van der Waals surface area contributed by atoms with Gasteiger partial charge in [-0.3, -0.25) is 4.79 Å². The molecule has 1 atom stereocenters. The van der Waals surface area contributed by atoms with Crippen LogP contribution in [0.1, 0.15) is 29.2 Å². The molecule has 0 saturated carbocycles. The second kappa shape index (κ2) is 10.3. The van der Waals surface area contributed by atoms with E-state index in [1.54, 1.807) is 25.3 Å². The number of benzene rings is 4. The average Bonchev–Trinajstić information content (AvgIpc) is 3.57. The van der Waals surface area contributed by atoms with Gasteiger partial charge in [0.2, 0.25) is 0 Å². The molecular formula is C31H25N3O4S. The third-order valence-corrected chi connectivity index (χ3v) is 7.77. The third-order valence-electron chi connectivity index (χ3n) is 6.80. The van der Waals surface area contributed by atoms with Crippen molar-refractivity contribution in [1.29, 1.82) is 0 Å². The number of aliphatic imine (C=N–C) groups is 1. The number of amides is 1. The maximum absolute atomic E-state index is 12.9. The fraction of sp³-hybridized carbons (Fsp3) is 0.129. The number of hydrogen-bond donors (Lipinski definition) is 1. The molecule has 1 unspecified atom stereocenters. The van der Waals surface area contributed by atoms with Gasteiger partial charge in [0.15, 0.2) is 16.7 Å². The van der Waals surface area contributed by atoms with Crippen LogP contribution >= 0.6 is 11.8 Å². The number of hydrazone groups is 1. The number of hydrogen-bond acceptors (Lipinski definition) is 7. The molecule has 4 aromatic rings. The van der Waals surface area contributed by atoms with Crippen LogP contribution in [0, 0.1) is 0 Å². The van der Waals surface area contributed by atoms with Crippen molar-refractivity contribution in [2.24, 2.45) is 10.1 Å². The summed E-state index contributed by atoms with van der Waals surface area (Å²) in [5.74, 6) is 0.822. The van der Waals surface area contributed by atoms with E-state index in [-0.39, 0.29) is 17.7 Å². The van der Waals surface area contributed by atoms with E-state index in [0.29, 0.717) is 22.2 Å². The lowest BCUT2D eigenvalue weighted by Gasteiger charge is -2.22. The summed E-state index contributed by atoms with van der Waals surface area (Å²) in [5, 5.41) is 19.6. The second-order valence-corrected chi connectivity index (χ2v) is 10.2. The number of aromatic hydroxyl groups is 1. The molecular weight excluding hydrogens is 510 g/mol. The zero-order chi connectivity index (χ0) is 26.9. The molecule has 0 bridgehead atoms. The first-order valence-corrected chi connectivity index (χ1v) is 13.2. The van der Waals surface area contributed by atoms with E-state index < -0.39 is 0 Å². The molecule has 7 nitrogen and oxygen atoms in total. The summed E-state index contributed by atoms with van der Waals surface area (Å²) in [6.45, 7) is 0. The van der Waals surface area contributed by atoms with Crippen molar-refractivity contribution in [3.8, 4) is 17.2 Å².